The van der Waals surface area contributed by atoms with E-state index >= 15 is 0 Å². The molecule has 0 bridgehead atoms. The van der Waals surface area contributed by atoms with Crippen molar-refractivity contribution in [3.8, 4) is 5.75 Å². The summed E-state index contributed by atoms with van der Waals surface area (Å²) in [7, 11) is 4.66. The number of hydrogen-bond donors (Lipinski definition) is 1. The maximum atomic E-state index is 14.1. The van der Waals surface area contributed by atoms with Gasteiger partial charge in [0.25, 0.3) is 17.4 Å². The van der Waals surface area contributed by atoms with Crippen molar-refractivity contribution in [1.29, 1.82) is 0 Å². The van der Waals surface area contributed by atoms with E-state index in [0.29, 0.717) is 29.3 Å². The van der Waals surface area contributed by atoms with Crippen LogP contribution in [0.1, 0.15) is 53.6 Å². The Morgan fingerprint density at radius 2 is 1.85 bits per heavy atom. The van der Waals surface area contributed by atoms with Crippen LogP contribution >= 0.6 is 11.6 Å². The molecule has 10 heteroatoms. The molecule has 1 saturated carbocycles. The monoisotopic (exact) mass is 566 g/mol. The Kier molecular flexibility index (Phi) is 8.24. The summed E-state index contributed by atoms with van der Waals surface area (Å²) < 4.78 is 47.3. The van der Waals surface area contributed by atoms with Crippen molar-refractivity contribution < 1.29 is 32.6 Å². The van der Waals surface area contributed by atoms with Crippen molar-refractivity contribution in [3.05, 3.63) is 64.2 Å². The van der Waals surface area contributed by atoms with Gasteiger partial charge in [0, 0.05) is 32.7 Å². The molecule has 1 heterocycles. The number of rotatable bonds is 8. The molecule has 2 amide bonds. The Morgan fingerprint density at radius 1 is 1.15 bits per heavy atom. The molecule has 2 aliphatic rings. The average molecular weight is 567 g/mol. The Labute approximate surface area is 231 Å². The van der Waals surface area contributed by atoms with Crippen LogP contribution in [-0.2, 0) is 16.8 Å². The Morgan fingerprint density at radius 3 is 2.44 bits per heavy atom. The van der Waals surface area contributed by atoms with Gasteiger partial charge in [-0.2, -0.15) is 13.2 Å². The lowest BCUT2D eigenvalue weighted by Gasteiger charge is -2.39. The zero-order valence-corrected chi connectivity index (χ0v) is 23.1. The van der Waals surface area contributed by atoms with E-state index in [1.165, 1.54) is 24.1 Å². The first-order valence-electron chi connectivity index (χ1n) is 13.1. The normalized spacial score (nSPS) is 19.9. The molecule has 0 unspecified atom stereocenters. The van der Waals surface area contributed by atoms with Crippen molar-refractivity contribution in [3.63, 3.8) is 0 Å². The molecule has 212 valence electrons. The van der Waals surface area contributed by atoms with E-state index < -0.39 is 23.2 Å². The summed E-state index contributed by atoms with van der Waals surface area (Å²) in [6, 6.07) is 10.4. The number of aliphatic hydroxyl groups is 1. The average Bonchev–Trinajstić information content (AvgIpc) is 3.57. The minimum Gasteiger partial charge on any atom is -0.497 e. The van der Waals surface area contributed by atoms with Crippen LogP contribution in [0.3, 0.4) is 0 Å². The fraction of sp³-hybridized carbons (Fsp3) is 0.517. The minimum atomic E-state index is -5.19. The SMILES string of the molecule is COc1cccc([C@@](O)(C(=O)N2CCC3(CC2)C[C@H]3CCCc2ccc(C(=O)N(C)C)c(Cl)c2)C(F)(F)F)c1. The zero-order valence-electron chi connectivity index (χ0n) is 22.4. The summed E-state index contributed by atoms with van der Waals surface area (Å²) >= 11 is 6.32. The van der Waals surface area contributed by atoms with Crippen LogP contribution in [0.5, 0.6) is 5.75 Å². The van der Waals surface area contributed by atoms with E-state index in [9.17, 15) is 27.9 Å². The fourth-order valence-corrected chi connectivity index (χ4v) is 6.06. The van der Waals surface area contributed by atoms with Gasteiger partial charge in [-0.3, -0.25) is 9.59 Å². The van der Waals surface area contributed by atoms with E-state index in [1.54, 1.807) is 20.2 Å². The topological polar surface area (TPSA) is 70.1 Å². The maximum Gasteiger partial charge on any atom is 0.430 e. The summed E-state index contributed by atoms with van der Waals surface area (Å²) in [5, 5.41) is 11.2. The molecule has 1 spiro atoms. The predicted octanol–water partition coefficient (Wildman–Crippen LogP) is 5.45. The second-order valence-corrected chi connectivity index (χ2v) is 11.3. The van der Waals surface area contributed by atoms with Crippen LogP contribution in [0.25, 0.3) is 0 Å². The number of carbonyl (C=O) groups is 2. The van der Waals surface area contributed by atoms with Gasteiger partial charge in [-0.05, 0) is 79.7 Å². The van der Waals surface area contributed by atoms with Crippen LogP contribution in [0.15, 0.2) is 42.5 Å². The van der Waals surface area contributed by atoms with Gasteiger partial charge in [-0.1, -0.05) is 29.8 Å². The van der Waals surface area contributed by atoms with Gasteiger partial charge in [0.05, 0.1) is 17.7 Å². The first kappa shape index (κ1) is 29.2. The second-order valence-electron chi connectivity index (χ2n) is 10.9. The Hall–Kier alpha value is -2.78. The van der Waals surface area contributed by atoms with Crippen molar-refractivity contribution in [2.24, 2.45) is 11.3 Å². The molecule has 6 nitrogen and oxygen atoms in total. The second kappa shape index (κ2) is 11.0. The maximum absolute atomic E-state index is 14.1. The van der Waals surface area contributed by atoms with Crippen LogP contribution in [0.4, 0.5) is 13.2 Å². The van der Waals surface area contributed by atoms with Crippen molar-refractivity contribution >= 4 is 23.4 Å². The molecule has 39 heavy (non-hydrogen) atoms. The number of amides is 2. The smallest absolute Gasteiger partial charge is 0.430 e. The molecule has 4 rings (SSSR count). The van der Waals surface area contributed by atoms with Crippen molar-refractivity contribution in [2.75, 3.05) is 34.3 Å². The van der Waals surface area contributed by atoms with Crippen molar-refractivity contribution in [2.45, 2.75) is 50.3 Å². The molecule has 2 fully saturated rings. The van der Waals surface area contributed by atoms with Gasteiger partial charge in [-0.25, -0.2) is 0 Å². The molecule has 2 aromatic carbocycles. The highest BCUT2D eigenvalue weighted by molar-refractivity contribution is 6.33. The number of piperidine rings is 1. The molecular formula is C29H34ClF3N2O4. The largest absolute Gasteiger partial charge is 0.497 e. The molecule has 0 aromatic heterocycles. The first-order chi connectivity index (χ1) is 18.3. The number of carbonyl (C=O) groups excluding carboxylic acids is 2. The van der Waals surface area contributed by atoms with Crippen molar-refractivity contribution in [1.82, 2.24) is 9.80 Å². The number of halogens is 4. The lowest BCUT2D eigenvalue weighted by molar-refractivity contribution is -0.262. The summed E-state index contributed by atoms with van der Waals surface area (Å²) in [5.74, 6) is -0.904. The lowest BCUT2D eigenvalue weighted by Crippen LogP contribution is -2.57. The van der Waals surface area contributed by atoms with E-state index in [0.717, 1.165) is 48.3 Å². The summed E-state index contributed by atoms with van der Waals surface area (Å²) in [4.78, 5) is 27.9. The van der Waals surface area contributed by atoms with E-state index in [4.69, 9.17) is 16.3 Å². The highest BCUT2D eigenvalue weighted by Gasteiger charge is 2.63. The summed E-state index contributed by atoms with van der Waals surface area (Å²) in [6.07, 6.45) is -0.256. The van der Waals surface area contributed by atoms with Gasteiger partial charge in [-0.15, -0.1) is 0 Å². The minimum absolute atomic E-state index is 0.0444. The number of ether oxygens (including phenoxy) is 1. The van der Waals surface area contributed by atoms with Gasteiger partial charge >= 0.3 is 6.18 Å². The first-order valence-corrected chi connectivity index (χ1v) is 13.4. The third-order valence-corrected chi connectivity index (χ3v) is 8.61. The molecule has 1 N–H and O–H groups in total. The third-order valence-electron chi connectivity index (χ3n) is 8.30. The highest BCUT2D eigenvalue weighted by Crippen LogP contribution is 2.61. The van der Waals surface area contributed by atoms with Crippen LogP contribution in [0, 0.1) is 11.3 Å². The number of hydrogen-bond acceptors (Lipinski definition) is 4. The number of aryl methyl sites for hydroxylation is 1. The quantitative estimate of drug-likeness (QED) is 0.461. The zero-order chi connectivity index (χ0) is 28.6. The molecular weight excluding hydrogens is 533 g/mol. The lowest BCUT2D eigenvalue weighted by atomic mass is 9.86. The van der Waals surface area contributed by atoms with Gasteiger partial charge in [0.15, 0.2) is 0 Å². The molecule has 2 aromatic rings. The van der Waals surface area contributed by atoms with Gasteiger partial charge < -0.3 is 19.6 Å². The number of nitrogens with zero attached hydrogens (tertiary/aromatic N) is 2. The van der Waals surface area contributed by atoms with Gasteiger partial charge in [0.2, 0.25) is 0 Å². The molecule has 1 aliphatic heterocycles. The van der Waals surface area contributed by atoms with Crippen LogP contribution in [-0.4, -0.2) is 67.2 Å². The molecule has 0 radical (unpaired) electrons. The fourth-order valence-electron chi connectivity index (χ4n) is 5.77. The summed E-state index contributed by atoms with van der Waals surface area (Å²) in [6.45, 7) is 0.351. The van der Waals surface area contributed by atoms with E-state index in [-0.39, 0.29) is 30.2 Å². The molecule has 2 atom stereocenters. The van der Waals surface area contributed by atoms with Crippen LogP contribution in [0.2, 0.25) is 5.02 Å². The number of alkyl halides is 3. The van der Waals surface area contributed by atoms with E-state index in [1.807, 2.05) is 12.1 Å². The van der Waals surface area contributed by atoms with E-state index in [2.05, 4.69) is 0 Å². The Balaban J connectivity index is 1.33. The third kappa shape index (κ3) is 5.75. The number of likely N-dealkylation sites (tertiary alicyclic amines) is 1. The van der Waals surface area contributed by atoms with Gasteiger partial charge in [0.1, 0.15) is 5.75 Å². The molecule has 1 aliphatic carbocycles. The molecule has 1 saturated heterocycles. The number of methoxy groups -OCH3 is 1. The Bertz CT molecular complexity index is 1230. The van der Waals surface area contributed by atoms with Crippen LogP contribution < -0.4 is 4.74 Å². The predicted molar refractivity (Wildman–Crippen MR) is 142 cm³/mol. The summed E-state index contributed by atoms with van der Waals surface area (Å²) in [5.41, 5.74) is -2.62. The highest BCUT2D eigenvalue weighted by atomic mass is 35.5. The number of benzene rings is 2. The standard InChI is InChI=1S/C29H34ClF3N2O4/c1-34(2)25(36)23-11-10-19(16-24(23)30)6-4-8-21-18-27(21)12-14-35(15-13-27)26(37)28(38,29(31,32)33)20-7-5-9-22(17-20)39-3/h5,7,9-11,16-17,21,38H,4,6,8,12-15,18H2,1-3H3/t21-,28-/m1/s1.